The van der Waals surface area contributed by atoms with Crippen LogP contribution < -0.4 is 16.8 Å². The summed E-state index contributed by atoms with van der Waals surface area (Å²) in [6.07, 6.45) is 0. The lowest BCUT2D eigenvalue weighted by atomic mass is 10.7. The van der Waals surface area contributed by atoms with Gasteiger partial charge < -0.3 is 0 Å². The van der Waals surface area contributed by atoms with Gasteiger partial charge in [-0.15, -0.1) is 10.6 Å². The fraction of sp³-hybridized carbons (Fsp3) is 0.400. The number of rotatable bonds is 1. The summed E-state index contributed by atoms with van der Waals surface area (Å²) in [6, 6.07) is 0. The standard InChI is InChI=1S/C5H7N5O2/c1-9-4(11)3(7-6)8-10(2)5(9)12/h6H,1-2H3/p+1. The second-order valence-electron chi connectivity index (χ2n) is 2.22. The molecule has 0 aromatic carbocycles. The van der Waals surface area contributed by atoms with Crippen molar-refractivity contribution in [1.82, 2.24) is 14.3 Å². The van der Waals surface area contributed by atoms with E-state index in [-0.39, 0.29) is 5.82 Å². The van der Waals surface area contributed by atoms with E-state index in [1.807, 2.05) is 0 Å². The maximum atomic E-state index is 11.1. The molecule has 0 radical (unpaired) electrons. The SMILES string of the molecule is Cn1nc(N=[NH2+])c(=O)n(C)c1=O. The molecule has 0 fully saturated rings. The molecule has 0 amide bonds. The van der Waals surface area contributed by atoms with Gasteiger partial charge in [-0.2, -0.15) is 0 Å². The quantitative estimate of drug-likeness (QED) is 0.465. The van der Waals surface area contributed by atoms with E-state index in [0.29, 0.717) is 0 Å². The van der Waals surface area contributed by atoms with Crippen molar-refractivity contribution in [1.29, 1.82) is 0 Å². The van der Waals surface area contributed by atoms with Crippen LogP contribution in [0.4, 0.5) is 5.82 Å². The predicted octanol–water partition coefficient (Wildman–Crippen LogP) is -2.68. The van der Waals surface area contributed by atoms with E-state index in [1.54, 1.807) is 0 Å². The number of nitrogens with zero attached hydrogens (tertiary/aromatic N) is 4. The molecular weight excluding hydrogens is 162 g/mol. The van der Waals surface area contributed by atoms with Gasteiger partial charge in [0.1, 0.15) is 0 Å². The molecule has 1 rings (SSSR count). The largest absolute Gasteiger partial charge is 0.347 e. The number of aryl methyl sites for hydroxylation is 1. The van der Waals surface area contributed by atoms with Crippen LogP contribution in [-0.4, -0.2) is 14.3 Å². The van der Waals surface area contributed by atoms with E-state index in [1.165, 1.54) is 14.1 Å². The molecule has 0 unspecified atom stereocenters. The third kappa shape index (κ3) is 1.04. The second kappa shape index (κ2) is 2.68. The monoisotopic (exact) mass is 170 g/mol. The van der Waals surface area contributed by atoms with Crippen LogP contribution in [0.3, 0.4) is 0 Å². The first-order chi connectivity index (χ1) is 5.57. The fourth-order valence-corrected chi connectivity index (χ4v) is 0.763. The Kier molecular flexibility index (Phi) is 1.86. The lowest BCUT2D eigenvalue weighted by Gasteiger charge is -1.98. The number of aromatic nitrogens is 3. The van der Waals surface area contributed by atoms with Crippen LogP contribution in [0.5, 0.6) is 0 Å². The summed E-state index contributed by atoms with van der Waals surface area (Å²) < 4.78 is 1.88. The van der Waals surface area contributed by atoms with Crippen molar-refractivity contribution < 1.29 is 5.53 Å². The fourth-order valence-electron chi connectivity index (χ4n) is 0.763. The molecule has 1 heterocycles. The van der Waals surface area contributed by atoms with E-state index in [0.717, 1.165) is 9.25 Å². The normalized spacial score (nSPS) is 9.83. The van der Waals surface area contributed by atoms with E-state index in [2.05, 4.69) is 10.2 Å². The Morgan fingerprint density at radius 3 is 2.50 bits per heavy atom. The van der Waals surface area contributed by atoms with Crippen molar-refractivity contribution in [3.05, 3.63) is 20.8 Å². The summed E-state index contributed by atoms with van der Waals surface area (Å²) in [5, 5.41) is 6.66. The molecule has 1 aromatic rings. The van der Waals surface area contributed by atoms with Crippen LogP contribution in [0.2, 0.25) is 0 Å². The van der Waals surface area contributed by atoms with Crippen LogP contribution in [0.15, 0.2) is 14.7 Å². The van der Waals surface area contributed by atoms with Gasteiger partial charge in [-0.25, -0.2) is 9.48 Å². The molecule has 0 aliphatic rings. The Morgan fingerprint density at radius 1 is 1.42 bits per heavy atom. The number of hydrogen-bond donors (Lipinski definition) is 1. The molecule has 7 heteroatoms. The number of hydrogen-bond acceptors (Lipinski definition) is 4. The molecule has 0 spiro atoms. The van der Waals surface area contributed by atoms with Crippen molar-refractivity contribution >= 4 is 5.82 Å². The molecule has 0 aliphatic carbocycles. The zero-order valence-corrected chi connectivity index (χ0v) is 6.68. The molecule has 64 valence electrons. The van der Waals surface area contributed by atoms with Gasteiger partial charge in [0.2, 0.25) is 0 Å². The predicted molar refractivity (Wildman–Crippen MR) is 38.7 cm³/mol. The zero-order chi connectivity index (χ0) is 9.30. The maximum absolute atomic E-state index is 11.1. The summed E-state index contributed by atoms with van der Waals surface area (Å²) in [7, 11) is 2.75. The lowest BCUT2D eigenvalue weighted by Crippen LogP contribution is -2.39. The highest BCUT2D eigenvalue weighted by Gasteiger charge is 2.08. The van der Waals surface area contributed by atoms with Crippen LogP contribution in [0, 0.1) is 0 Å². The van der Waals surface area contributed by atoms with E-state index >= 15 is 0 Å². The van der Waals surface area contributed by atoms with E-state index < -0.39 is 11.2 Å². The molecule has 2 N–H and O–H groups in total. The molecule has 0 aliphatic heterocycles. The van der Waals surface area contributed by atoms with E-state index in [4.69, 9.17) is 5.53 Å². The third-order valence-electron chi connectivity index (χ3n) is 1.43. The van der Waals surface area contributed by atoms with Gasteiger partial charge in [-0.1, -0.05) is 0 Å². The van der Waals surface area contributed by atoms with Crippen LogP contribution in [-0.2, 0) is 14.1 Å². The molecule has 12 heavy (non-hydrogen) atoms. The van der Waals surface area contributed by atoms with Gasteiger partial charge in [0.05, 0.1) is 0 Å². The summed E-state index contributed by atoms with van der Waals surface area (Å²) >= 11 is 0. The summed E-state index contributed by atoms with van der Waals surface area (Å²) in [5.74, 6) is -0.181. The lowest BCUT2D eigenvalue weighted by molar-refractivity contribution is -0.211. The van der Waals surface area contributed by atoms with Gasteiger partial charge in [0, 0.05) is 19.2 Å². The average Bonchev–Trinajstić information content (AvgIpc) is 2.08. The Morgan fingerprint density at radius 2 is 2.00 bits per heavy atom. The first-order valence-corrected chi connectivity index (χ1v) is 3.13. The second-order valence-corrected chi connectivity index (χ2v) is 2.22. The van der Waals surface area contributed by atoms with Crippen molar-refractivity contribution in [2.24, 2.45) is 19.2 Å². The van der Waals surface area contributed by atoms with Crippen LogP contribution in [0.25, 0.3) is 0 Å². The average molecular weight is 170 g/mol. The van der Waals surface area contributed by atoms with Crippen LogP contribution >= 0.6 is 0 Å². The van der Waals surface area contributed by atoms with Gasteiger partial charge >= 0.3 is 17.1 Å². The van der Waals surface area contributed by atoms with Crippen molar-refractivity contribution in [3.8, 4) is 0 Å². The topological polar surface area (TPSA) is 94.8 Å². The molecule has 1 aromatic heterocycles. The number of nitrogens with two attached hydrogens (primary N) is 1. The van der Waals surface area contributed by atoms with Gasteiger partial charge in [-0.05, 0) is 0 Å². The Balaban J connectivity index is 3.73. The molecule has 0 atom stereocenters. The van der Waals surface area contributed by atoms with Gasteiger partial charge in [0.25, 0.3) is 0 Å². The van der Waals surface area contributed by atoms with Crippen LogP contribution in [0.1, 0.15) is 0 Å². The molecule has 0 saturated carbocycles. The summed E-state index contributed by atoms with van der Waals surface area (Å²) in [5.41, 5.74) is 3.77. The first kappa shape index (κ1) is 8.31. The zero-order valence-electron chi connectivity index (χ0n) is 6.68. The maximum Gasteiger partial charge on any atom is 0.347 e. The minimum Gasteiger partial charge on any atom is -0.265 e. The van der Waals surface area contributed by atoms with Gasteiger partial charge in [0.15, 0.2) is 0 Å². The summed E-state index contributed by atoms with van der Waals surface area (Å²) in [6.45, 7) is 0. The smallest absolute Gasteiger partial charge is 0.265 e. The first-order valence-electron chi connectivity index (χ1n) is 3.13. The molecular formula is C5H8N5O2+. The molecule has 0 saturated heterocycles. The van der Waals surface area contributed by atoms with Crippen molar-refractivity contribution in [2.75, 3.05) is 0 Å². The minimum atomic E-state index is -0.597. The Bertz CT molecular complexity index is 428. The van der Waals surface area contributed by atoms with E-state index in [9.17, 15) is 9.59 Å². The highest BCUT2D eigenvalue weighted by molar-refractivity contribution is 5.17. The summed E-state index contributed by atoms with van der Waals surface area (Å²) in [4.78, 5) is 22.1. The van der Waals surface area contributed by atoms with Gasteiger partial charge in [-0.3, -0.25) is 9.36 Å². The molecule has 7 nitrogen and oxygen atoms in total. The Labute approximate surface area is 66.8 Å². The molecule has 0 bridgehead atoms. The van der Waals surface area contributed by atoms with Crippen molar-refractivity contribution in [3.63, 3.8) is 0 Å². The highest BCUT2D eigenvalue weighted by Crippen LogP contribution is 1.88. The minimum absolute atomic E-state index is 0.181. The van der Waals surface area contributed by atoms with Crippen molar-refractivity contribution in [2.45, 2.75) is 0 Å². The highest BCUT2D eigenvalue weighted by atomic mass is 16.2. The third-order valence-corrected chi connectivity index (χ3v) is 1.43. The Hall–Kier alpha value is -1.79.